The summed E-state index contributed by atoms with van der Waals surface area (Å²) in [6, 6.07) is 2.33. The molecule has 1 atom stereocenters. The van der Waals surface area contributed by atoms with Crippen LogP contribution in [0.25, 0.3) is 0 Å². The van der Waals surface area contributed by atoms with E-state index in [0.717, 1.165) is 0 Å². The fourth-order valence-electron chi connectivity index (χ4n) is 1.39. The van der Waals surface area contributed by atoms with Crippen molar-refractivity contribution >= 4 is 6.09 Å². The van der Waals surface area contributed by atoms with Gasteiger partial charge in [0.05, 0.1) is 11.6 Å². The zero-order chi connectivity index (χ0) is 12.8. The van der Waals surface area contributed by atoms with Crippen molar-refractivity contribution in [1.29, 1.82) is 5.26 Å². The average molecular weight is 237 g/mol. The number of amides is 1. The van der Waals surface area contributed by atoms with E-state index < -0.39 is 12.1 Å². The fraction of sp³-hybridized carbons (Fsp3) is 0.300. The number of aromatic nitrogens is 1. The fourth-order valence-corrected chi connectivity index (χ4v) is 1.39. The molecular weight excluding hydrogens is 226 g/mol. The Balaban J connectivity index is 3.05. The van der Waals surface area contributed by atoms with Gasteiger partial charge in [-0.3, -0.25) is 10.2 Å². The van der Waals surface area contributed by atoms with Gasteiger partial charge in [-0.15, -0.1) is 0 Å². The SMILES string of the molecule is N#Cc1cncc([C@H](CCO)N(O)C(=O)O)c1. The highest BCUT2D eigenvalue weighted by molar-refractivity contribution is 5.64. The van der Waals surface area contributed by atoms with E-state index in [0.29, 0.717) is 5.56 Å². The number of nitriles is 1. The highest BCUT2D eigenvalue weighted by Gasteiger charge is 2.23. The van der Waals surface area contributed by atoms with Crippen molar-refractivity contribution in [2.75, 3.05) is 6.61 Å². The number of nitrogens with zero attached hydrogens (tertiary/aromatic N) is 3. The lowest BCUT2D eigenvalue weighted by molar-refractivity contribution is -0.102. The molecule has 0 saturated carbocycles. The maximum atomic E-state index is 10.7. The van der Waals surface area contributed by atoms with Crippen LogP contribution in [0.1, 0.15) is 23.6 Å². The molecule has 1 aromatic rings. The molecule has 0 radical (unpaired) electrons. The maximum absolute atomic E-state index is 10.7. The van der Waals surface area contributed by atoms with Crippen LogP contribution >= 0.6 is 0 Å². The molecule has 1 heterocycles. The van der Waals surface area contributed by atoms with Crippen LogP contribution in [-0.2, 0) is 0 Å². The molecule has 0 spiro atoms. The van der Waals surface area contributed by atoms with Crippen LogP contribution < -0.4 is 0 Å². The Labute approximate surface area is 97.1 Å². The molecule has 0 saturated heterocycles. The summed E-state index contributed by atoms with van der Waals surface area (Å²) < 4.78 is 0. The molecule has 90 valence electrons. The Morgan fingerprint density at radius 3 is 2.82 bits per heavy atom. The quantitative estimate of drug-likeness (QED) is 0.525. The number of aliphatic hydroxyl groups is 1. The Morgan fingerprint density at radius 1 is 1.59 bits per heavy atom. The molecule has 0 aromatic carbocycles. The van der Waals surface area contributed by atoms with Crippen LogP contribution in [0.5, 0.6) is 0 Å². The third-order valence-corrected chi connectivity index (χ3v) is 2.17. The van der Waals surface area contributed by atoms with Crippen molar-refractivity contribution in [2.45, 2.75) is 12.5 Å². The standard InChI is InChI=1S/C10H11N3O4/c11-4-7-3-8(6-12-5-7)9(1-2-14)13(17)10(15)16/h3,5-6,9,14,17H,1-2H2,(H,15,16)/t9-/m0/s1. The predicted octanol–water partition coefficient (Wildman–Crippen LogP) is 0.746. The first-order valence-electron chi connectivity index (χ1n) is 4.77. The Morgan fingerprint density at radius 2 is 2.29 bits per heavy atom. The van der Waals surface area contributed by atoms with E-state index in [-0.39, 0.29) is 23.7 Å². The predicted molar refractivity (Wildman–Crippen MR) is 55.0 cm³/mol. The number of hydroxylamine groups is 2. The van der Waals surface area contributed by atoms with E-state index in [1.807, 2.05) is 6.07 Å². The summed E-state index contributed by atoms with van der Waals surface area (Å²) in [4.78, 5) is 14.4. The van der Waals surface area contributed by atoms with Crippen LogP contribution in [0.3, 0.4) is 0 Å². The van der Waals surface area contributed by atoms with Crippen LogP contribution in [-0.4, -0.2) is 38.2 Å². The van der Waals surface area contributed by atoms with Gasteiger partial charge in [-0.2, -0.15) is 10.3 Å². The number of carboxylic acid groups (broad SMARTS) is 1. The van der Waals surface area contributed by atoms with Gasteiger partial charge in [0, 0.05) is 19.0 Å². The summed E-state index contributed by atoms with van der Waals surface area (Å²) in [5.74, 6) is 0. The second-order valence-electron chi connectivity index (χ2n) is 3.27. The molecule has 0 aliphatic carbocycles. The lowest BCUT2D eigenvalue weighted by Crippen LogP contribution is -2.31. The van der Waals surface area contributed by atoms with Gasteiger partial charge in [-0.25, -0.2) is 4.79 Å². The first-order chi connectivity index (χ1) is 8.10. The number of aliphatic hydroxyl groups excluding tert-OH is 1. The minimum Gasteiger partial charge on any atom is -0.463 e. The Kier molecular flexibility index (Phi) is 4.39. The van der Waals surface area contributed by atoms with Crippen molar-refractivity contribution < 1.29 is 20.2 Å². The van der Waals surface area contributed by atoms with Gasteiger partial charge in [0.15, 0.2) is 0 Å². The second-order valence-corrected chi connectivity index (χ2v) is 3.27. The van der Waals surface area contributed by atoms with Gasteiger partial charge in [-0.1, -0.05) is 0 Å². The minimum absolute atomic E-state index is 0.0133. The molecule has 17 heavy (non-hydrogen) atoms. The third kappa shape index (κ3) is 3.14. The van der Waals surface area contributed by atoms with E-state index >= 15 is 0 Å². The largest absolute Gasteiger partial charge is 0.463 e. The number of hydrogen-bond acceptors (Lipinski definition) is 5. The van der Waals surface area contributed by atoms with Gasteiger partial charge < -0.3 is 10.2 Å². The summed E-state index contributed by atoms with van der Waals surface area (Å²) in [7, 11) is 0. The molecule has 3 N–H and O–H groups in total. The molecule has 1 rings (SSSR count). The van der Waals surface area contributed by atoms with Crippen molar-refractivity contribution in [2.24, 2.45) is 0 Å². The van der Waals surface area contributed by atoms with E-state index in [4.69, 9.17) is 15.5 Å². The summed E-state index contributed by atoms with van der Waals surface area (Å²) in [5, 5.41) is 35.6. The normalized spacial score (nSPS) is 11.6. The topological polar surface area (TPSA) is 118 Å². The number of rotatable bonds is 4. The summed E-state index contributed by atoms with van der Waals surface area (Å²) in [5.41, 5.74) is 0.604. The zero-order valence-electron chi connectivity index (χ0n) is 8.82. The molecule has 0 aliphatic rings. The van der Waals surface area contributed by atoms with Crippen LogP contribution in [0, 0.1) is 11.3 Å². The molecule has 1 aromatic heterocycles. The lowest BCUT2D eigenvalue weighted by atomic mass is 10.0. The summed E-state index contributed by atoms with van der Waals surface area (Å²) >= 11 is 0. The second kappa shape index (κ2) is 5.79. The van der Waals surface area contributed by atoms with Gasteiger partial charge in [-0.05, 0) is 18.1 Å². The van der Waals surface area contributed by atoms with E-state index in [1.54, 1.807) is 0 Å². The molecule has 1 amide bonds. The maximum Gasteiger partial charge on any atom is 0.431 e. The highest BCUT2D eigenvalue weighted by atomic mass is 16.6. The molecule has 0 aliphatic heterocycles. The molecule has 7 heteroatoms. The lowest BCUT2D eigenvalue weighted by Gasteiger charge is -2.22. The minimum atomic E-state index is -1.54. The molecule has 7 nitrogen and oxygen atoms in total. The monoisotopic (exact) mass is 237 g/mol. The van der Waals surface area contributed by atoms with Crippen LogP contribution in [0.4, 0.5) is 4.79 Å². The van der Waals surface area contributed by atoms with Crippen molar-refractivity contribution in [3.63, 3.8) is 0 Å². The third-order valence-electron chi connectivity index (χ3n) is 2.17. The van der Waals surface area contributed by atoms with Gasteiger partial charge in [0.2, 0.25) is 0 Å². The van der Waals surface area contributed by atoms with Gasteiger partial charge in [0.25, 0.3) is 0 Å². The Hall–Kier alpha value is -2.17. The number of hydrogen-bond donors (Lipinski definition) is 3. The number of pyridine rings is 1. The average Bonchev–Trinajstić information content (AvgIpc) is 2.35. The van der Waals surface area contributed by atoms with E-state index in [1.165, 1.54) is 18.5 Å². The molecule has 0 bridgehead atoms. The molecule has 0 fully saturated rings. The van der Waals surface area contributed by atoms with Crippen LogP contribution in [0.15, 0.2) is 18.5 Å². The Bertz CT molecular complexity index is 443. The van der Waals surface area contributed by atoms with Crippen molar-refractivity contribution in [3.05, 3.63) is 29.6 Å². The number of carbonyl (C=O) groups is 1. The summed E-state index contributed by atoms with van der Waals surface area (Å²) in [6.45, 7) is -0.300. The van der Waals surface area contributed by atoms with Crippen LogP contribution in [0.2, 0.25) is 0 Å². The molecule has 0 unspecified atom stereocenters. The van der Waals surface area contributed by atoms with E-state index in [2.05, 4.69) is 4.98 Å². The first kappa shape index (κ1) is 12.9. The smallest absolute Gasteiger partial charge is 0.431 e. The highest BCUT2D eigenvalue weighted by Crippen LogP contribution is 2.22. The van der Waals surface area contributed by atoms with E-state index in [9.17, 15) is 10.0 Å². The van der Waals surface area contributed by atoms with Crippen molar-refractivity contribution in [3.8, 4) is 6.07 Å². The molecular formula is C10H11N3O4. The summed E-state index contributed by atoms with van der Waals surface area (Å²) in [6.07, 6.45) is 1.14. The van der Waals surface area contributed by atoms with Crippen molar-refractivity contribution in [1.82, 2.24) is 10.0 Å². The first-order valence-corrected chi connectivity index (χ1v) is 4.77. The zero-order valence-corrected chi connectivity index (χ0v) is 8.82. The van der Waals surface area contributed by atoms with Gasteiger partial charge >= 0.3 is 6.09 Å². The van der Waals surface area contributed by atoms with Gasteiger partial charge in [0.1, 0.15) is 6.07 Å².